The van der Waals surface area contributed by atoms with E-state index in [1.807, 2.05) is 30.3 Å². The van der Waals surface area contributed by atoms with Crippen LogP contribution in [0, 0.1) is 0 Å². The molecule has 0 saturated carbocycles. The summed E-state index contributed by atoms with van der Waals surface area (Å²) >= 11 is 0. The third-order valence-corrected chi connectivity index (χ3v) is 6.45. The molecule has 0 amide bonds. The molecule has 1 aliphatic heterocycles. The number of sulfonamides is 1. The third kappa shape index (κ3) is 4.19. The maximum Gasteiger partial charge on any atom is 0.229 e. The average Bonchev–Trinajstić information content (AvgIpc) is 3.50. The van der Waals surface area contributed by atoms with Crippen LogP contribution in [0.2, 0.25) is 0 Å². The summed E-state index contributed by atoms with van der Waals surface area (Å²) in [6, 6.07) is 14.8. The van der Waals surface area contributed by atoms with Crippen LogP contribution in [0.25, 0.3) is 44.7 Å². The van der Waals surface area contributed by atoms with Crippen molar-refractivity contribution in [2.75, 3.05) is 42.2 Å². The van der Waals surface area contributed by atoms with Crippen LogP contribution in [0.15, 0.2) is 59.1 Å². The average molecular weight is 491 g/mol. The number of aromatic amines is 1. The number of ether oxygens (including phenoxy) is 1. The van der Waals surface area contributed by atoms with Gasteiger partial charge < -0.3 is 14.1 Å². The van der Waals surface area contributed by atoms with E-state index in [1.165, 1.54) is 0 Å². The zero-order valence-corrected chi connectivity index (χ0v) is 19.7. The fourth-order valence-corrected chi connectivity index (χ4v) is 4.84. The minimum absolute atomic E-state index is 0.456. The number of anilines is 2. The highest BCUT2D eigenvalue weighted by Crippen LogP contribution is 2.36. The monoisotopic (exact) mass is 490 g/mol. The van der Waals surface area contributed by atoms with Crippen LogP contribution in [0.4, 0.5) is 11.5 Å². The molecule has 2 aromatic carbocycles. The van der Waals surface area contributed by atoms with Gasteiger partial charge in [-0.2, -0.15) is 5.10 Å². The van der Waals surface area contributed by atoms with E-state index in [4.69, 9.17) is 19.1 Å². The van der Waals surface area contributed by atoms with Gasteiger partial charge in [0, 0.05) is 41.4 Å². The summed E-state index contributed by atoms with van der Waals surface area (Å²) in [5.41, 5.74) is 4.19. The Bertz CT molecular complexity index is 1650. The van der Waals surface area contributed by atoms with Crippen LogP contribution in [0.1, 0.15) is 0 Å². The first-order chi connectivity index (χ1) is 16.9. The standard InChI is InChI=1S/C24H22N6O4S/c1-35(31,32)29-16-5-2-4-15(12-16)21-13-20-22(34-21)24(30-8-10-33-11-9-30)27-23(26-20)17-6-3-7-19-18(17)14-25-28-19/h2-7,12-14,29H,8-11H2,1H3,(H,25,28). The minimum atomic E-state index is -3.40. The van der Waals surface area contributed by atoms with Crippen molar-refractivity contribution < 1.29 is 17.6 Å². The lowest BCUT2D eigenvalue weighted by atomic mass is 10.1. The van der Waals surface area contributed by atoms with Gasteiger partial charge in [-0.1, -0.05) is 24.3 Å². The molecule has 0 aliphatic carbocycles. The quantitative estimate of drug-likeness (QED) is 0.382. The Morgan fingerprint density at radius 1 is 1.06 bits per heavy atom. The van der Waals surface area contributed by atoms with Gasteiger partial charge in [0.2, 0.25) is 10.0 Å². The molecule has 1 fully saturated rings. The highest BCUT2D eigenvalue weighted by Gasteiger charge is 2.22. The molecule has 2 N–H and O–H groups in total. The van der Waals surface area contributed by atoms with Crippen molar-refractivity contribution in [3.05, 3.63) is 54.7 Å². The first-order valence-electron chi connectivity index (χ1n) is 11.1. The Morgan fingerprint density at radius 2 is 1.89 bits per heavy atom. The highest BCUT2D eigenvalue weighted by atomic mass is 32.2. The van der Waals surface area contributed by atoms with Crippen molar-refractivity contribution in [1.29, 1.82) is 0 Å². The molecular weight excluding hydrogens is 468 g/mol. The predicted octanol–water partition coefficient (Wildman–Crippen LogP) is 3.64. The van der Waals surface area contributed by atoms with Crippen molar-refractivity contribution in [2.24, 2.45) is 0 Å². The topological polar surface area (TPSA) is 126 Å². The minimum Gasteiger partial charge on any atom is -0.450 e. The van der Waals surface area contributed by atoms with Gasteiger partial charge in [-0.15, -0.1) is 0 Å². The van der Waals surface area contributed by atoms with Crippen molar-refractivity contribution in [1.82, 2.24) is 20.2 Å². The number of nitrogens with one attached hydrogen (secondary N) is 2. The molecule has 0 atom stereocenters. The smallest absolute Gasteiger partial charge is 0.229 e. The van der Waals surface area contributed by atoms with Crippen molar-refractivity contribution in [3.63, 3.8) is 0 Å². The number of nitrogens with zero attached hydrogens (tertiary/aromatic N) is 4. The number of hydrogen-bond acceptors (Lipinski definition) is 8. The van der Waals surface area contributed by atoms with E-state index in [1.54, 1.807) is 24.4 Å². The maximum atomic E-state index is 11.7. The molecule has 178 valence electrons. The summed E-state index contributed by atoms with van der Waals surface area (Å²) in [6.45, 7) is 2.58. The van der Waals surface area contributed by atoms with Crippen LogP contribution in [-0.4, -0.2) is 61.1 Å². The van der Waals surface area contributed by atoms with Gasteiger partial charge in [-0.3, -0.25) is 9.82 Å². The third-order valence-electron chi connectivity index (χ3n) is 5.84. The second kappa shape index (κ2) is 8.36. The Balaban J connectivity index is 1.51. The first-order valence-corrected chi connectivity index (χ1v) is 13.0. The number of morpholine rings is 1. The first kappa shape index (κ1) is 21.6. The molecule has 0 spiro atoms. The molecule has 5 aromatic rings. The molecule has 0 unspecified atom stereocenters. The van der Waals surface area contributed by atoms with E-state index in [0.29, 0.717) is 60.5 Å². The number of H-pyrrole nitrogens is 1. The maximum absolute atomic E-state index is 11.7. The molecule has 10 nitrogen and oxygen atoms in total. The normalized spacial score (nSPS) is 14.6. The highest BCUT2D eigenvalue weighted by molar-refractivity contribution is 7.92. The van der Waals surface area contributed by atoms with Crippen molar-refractivity contribution in [3.8, 4) is 22.7 Å². The zero-order chi connectivity index (χ0) is 24.0. The lowest BCUT2D eigenvalue weighted by Crippen LogP contribution is -2.37. The van der Waals surface area contributed by atoms with Crippen LogP contribution in [0.3, 0.4) is 0 Å². The lowest BCUT2D eigenvalue weighted by Gasteiger charge is -2.27. The van der Waals surface area contributed by atoms with Gasteiger partial charge in [-0.25, -0.2) is 18.4 Å². The van der Waals surface area contributed by atoms with Crippen molar-refractivity contribution >= 4 is 43.5 Å². The molecule has 6 rings (SSSR count). The van der Waals surface area contributed by atoms with Gasteiger partial charge in [0.15, 0.2) is 17.2 Å². The van der Waals surface area contributed by atoms with Gasteiger partial charge in [0.25, 0.3) is 0 Å². The van der Waals surface area contributed by atoms with E-state index < -0.39 is 10.0 Å². The second-order valence-corrected chi connectivity index (χ2v) is 10.1. The van der Waals surface area contributed by atoms with Gasteiger partial charge in [0.05, 0.1) is 31.2 Å². The fourth-order valence-electron chi connectivity index (χ4n) is 4.28. The number of benzene rings is 2. The van der Waals surface area contributed by atoms with E-state index in [-0.39, 0.29) is 0 Å². The number of furan rings is 1. The molecule has 0 bridgehead atoms. The second-order valence-electron chi connectivity index (χ2n) is 8.39. The molecule has 1 saturated heterocycles. The molecule has 3 aromatic heterocycles. The summed E-state index contributed by atoms with van der Waals surface area (Å²) < 4.78 is 37.7. The Labute approximate surface area is 201 Å². The summed E-state index contributed by atoms with van der Waals surface area (Å²) in [5, 5.41) is 8.09. The molecule has 4 heterocycles. The summed E-state index contributed by atoms with van der Waals surface area (Å²) in [6.07, 6.45) is 2.89. The van der Waals surface area contributed by atoms with Gasteiger partial charge >= 0.3 is 0 Å². The number of rotatable bonds is 5. The predicted molar refractivity (Wildman–Crippen MR) is 134 cm³/mol. The van der Waals surface area contributed by atoms with Gasteiger partial charge in [0.1, 0.15) is 11.3 Å². The van der Waals surface area contributed by atoms with Crippen LogP contribution in [-0.2, 0) is 14.8 Å². The van der Waals surface area contributed by atoms with Crippen molar-refractivity contribution in [2.45, 2.75) is 0 Å². The molecule has 11 heteroatoms. The Kier molecular flexibility index (Phi) is 5.15. The SMILES string of the molecule is CS(=O)(=O)Nc1cccc(-c2cc3nc(-c4cccc5[nH]ncc45)nc(N4CCOCC4)c3o2)c1. The Hall–Kier alpha value is -3.96. The van der Waals surface area contributed by atoms with Crippen LogP contribution >= 0.6 is 0 Å². The summed E-state index contributed by atoms with van der Waals surface area (Å²) in [5.74, 6) is 1.84. The summed E-state index contributed by atoms with van der Waals surface area (Å²) in [4.78, 5) is 11.9. The lowest BCUT2D eigenvalue weighted by molar-refractivity contribution is 0.122. The molecule has 1 aliphatic rings. The van der Waals surface area contributed by atoms with Crippen LogP contribution < -0.4 is 9.62 Å². The number of hydrogen-bond donors (Lipinski definition) is 2. The Morgan fingerprint density at radius 3 is 2.71 bits per heavy atom. The van der Waals surface area contributed by atoms with Gasteiger partial charge in [-0.05, 0) is 18.2 Å². The zero-order valence-electron chi connectivity index (χ0n) is 18.9. The van der Waals surface area contributed by atoms with E-state index in [9.17, 15) is 8.42 Å². The van der Waals surface area contributed by atoms with E-state index in [0.717, 1.165) is 28.3 Å². The molecule has 35 heavy (non-hydrogen) atoms. The van der Waals surface area contributed by atoms with Crippen LogP contribution in [0.5, 0.6) is 0 Å². The van der Waals surface area contributed by atoms with E-state index >= 15 is 0 Å². The number of fused-ring (bicyclic) bond motifs is 2. The largest absolute Gasteiger partial charge is 0.450 e. The summed E-state index contributed by atoms with van der Waals surface area (Å²) in [7, 11) is -3.40. The van der Waals surface area contributed by atoms with E-state index in [2.05, 4.69) is 19.8 Å². The fraction of sp³-hybridized carbons (Fsp3) is 0.208. The molecule has 0 radical (unpaired) electrons. The molecular formula is C24H22N6O4S. The number of aromatic nitrogens is 4.